The molecule has 0 bridgehead atoms. The summed E-state index contributed by atoms with van der Waals surface area (Å²) < 4.78 is 11.0. The maximum Gasteiger partial charge on any atom is 0.407 e. The van der Waals surface area contributed by atoms with Gasteiger partial charge in [-0.25, -0.2) is 4.79 Å². The zero-order valence-electron chi connectivity index (χ0n) is 14.8. The van der Waals surface area contributed by atoms with Crippen molar-refractivity contribution in [3.8, 4) is 0 Å². The monoisotopic (exact) mass is 324 g/mol. The zero-order valence-corrected chi connectivity index (χ0v) is 14.8. The van der Waals surface area contributed by atoms with Gasteiger partial charge in [-0.05, 0) is 52.5 Å². The first-order valence-electron chi connectivity index (χ1n) is 8.97. The van der Waals surface area contributed by atoms with Crippen LogP contribution in [0.5, 0.6) is 0 Å². The van der Waals surface area contributed by atoms with E-state index in [9.17, 15) is 4.79 Å². The Hall–Kier alpha value is -1.23. The Bertz CT molecular complexity index is 404. The van der Waals surface area contributed by atoms with Gasteiger partial charge in [0, 0.05) is 18.6 Å². The standard InChI is InChI=1S/C18H32N2O3/c1-18(2,3)23-17(21)20-16-11-6-4-5-10-15(16)19-13-14-9-7-8-12-22-14/h8,12,14-16,19H,4-7,9-11,13H2,1-3H3,(H,20,21). The first-order chi connectivity index (χ1) is 10.9. The number of ether oxygens (including phenoxy) is 2. The molecule has 1 saturated carbocycles. The van der Waals surface area contributed by atoms with Gasteiger partial charge in [0.2, 0.25) is 0 Å². The fourth-order valence-electron chi connectivity index (χ4n) is 3.20. The van der Waals surface area contributed by atoms with Crippen LogP contribution in [0, 0.1) is 0 Å². The average molecular weight is 324 g/mol. The number of carbonyl (C=O) groups excluding carboxylic acids is 1. The second-order valence-corrected chi connectivity index (χ2v) is 7.61. The minimum absolute atomic E-state index is 0.131. The highest BCUT2D eigenvalue weighted by Crippen LogP contribution is 2.20. The van der Waals surface area contributed by atoms with Crippen LogP contribution >= 0.6 is 0 Å². The summed E-state index contributed by atoms with van der Waals surface area (Å²) in [4.78, 5) is 12.1. The van der Waals surface area contributed by atoms with Crippen LogP contribution in [0.25, 0.3) is 0 Å². The number of nitrogens with one attached hydrogen (secondary N) is 2. The van der Waals surface area contributed by atoms with E-state index < -0.39 is 5.60 Å². The van der Waals surface area contributed by atoms with E-state index in [1.807, 2.05) is 20.8 Å². The van der Waals surface area contributed by atoms with Crippen LogP contribution < -0.4 is 10.6 Å². The van der Waals surface area contributed by atoms with Gasteiger partial charge in [0.15, 0.2) is 0 Å². The Balaban J connectivity index is 1.85. The van der Waals surface area contributed by atoms with Gasteiger partial charge in [-0.15, -0.1) is 0 Å². The molecular formula is C18H32N2O3. The van der Waals surface area contributed by atoms with Gasteiger partial charge in [-0.3, -0.25) is 0 Å². The second kappa shape index (κ2) is 8.57. The molecule has 0 aromatic rings. The molecule has 0 saturated heterocycles. The Labute approximate surface area is 140 Å². The Kier molecular flexibility index (Phi) is 6.75. The van der Waals surface area contributed by atoms with E-state index in [1.54, 1.807) is 6.26 Å². The molecule has 1 amide bonds. The number of amides is 1. The van der Waals surface area contributed by atoms with Crippen molar-refractivity contribution in [3.05, 3.63) is 12.3 Å². The van der Waals surface area contributed by atoms with Gasteiger partial charge in [0.05, 0.1) is 6.26 Å². The van der Waals surface area contributed by atoms with E-state index in [4.69, 9.17) is 9.47 Å². The topological polar surface area (TPSA) is 59.6 Å². The highest BCUT2D eigenvalue weighted by Gasteiger charge is 2.27. The van der Waals surface area contributed by atoms with Crippen molar-refractivity contribution >= 4 is 6.09 Å². The summed E-state index contributed by atoms with van der Waals surface area (Å²) in [5.41, 5.74) is -0.458. The summed E-state index contributed by atoms with van der Waals surface area (Å²) >= 11 is 0. The van der Waals surface area contributed by atoms with Crippen LogP contribution in [0.1, 0.15) is 65.7 Å². The molecule has 23 heavy (non-hydrogen) atoms. The summed E-state index contributed by atoms with van der Waals surface area (Å²) in [5, 5.41) is 6.70. The summed E-state index contributed by atoms with van der Waals surface area (Å²) in [6.07, 6.45) is 11.6. The Morgan fingerprint density at radius 1 is 1.17 bits per heavy atom. The lowest BCUT2D eigenvalue weighted by Crippen LogP contribution is -2.52. The number of alkyl carbamates (subject to hydrolysis) is 1. The van der Waals surface area contributed by atoms with Crippen LogP contribution in [-0.4, -0.2) is 36.4 Å². The molecule has 2 aliphatic rings. The van der Waals surface area contributed by atoms with Crippen molar-refractivity contribution in [2.24, 2.45) is 0 Å². The van der Waals surface area contributed by atoms with Crippen molar-refractivity contribution in [3.63, 3.8) is 0 Å². The van der Waals surface area contributed by atoms with Crippen LogP contribution in [0.4, 0.5) is 4.79 Å². The lowest BCUT2D eigenvalue weighted by atomic mass is 10.0. The van der Waals surface area contributed by atoms with Crippen molar-refractivity contribution in [2.75, 3.05) is 6.54 Å². The van der Waals surface area contributed by atoms with Gasteiger partial charge in [-0.2, -0.15) is 0 Å². The quantitative estimate of drug-likeness (QED) is 0.777. The van der Waals surface area contributed by atoms with Gasteiger partial charge < -0.3 is 20.1 Å². The minimum Gasteiger partial charge on any atom is -0.497 e. The number of hydrogen-bond acceptors (Lipinski definition) is 4. The zero-order chi connectivity index (χ0) is 16.7. The number of carbonyl (C=O) groups is 1. The van der Waals surface area contributed by atoms with E-state index in [-0.39, 0.29) is 18.2 Å². The van der Waals surface area contributed by atoms with Crippen LogP contribution in [0.3, 0.4) is 0 Å². The SMILES string of the molecule is CC(C)(C)OC(=O)NC1CCCCCC1NCC1CCC=CO1. The van der Waals surface area contributed by atoms with E-state index in [2.05, 4.69) is 16.7 Å². The molecule has 0 aromatic carbocycles. The molecule has 3 atom stereocenters. The molecule has 1 aliphatic heterocycles. The van der Waals surface area contributed by atoms with Crippen molar-refractivity contribution in [1.29, 1.82) is 0 Å². The molecule has 2 rings (SSSR count). The lowest BCUT2D eigenvalue weighted by molar-refractivity contribution is 0.0486. The fraction of sp³-hybridized carbons (Fsp3) is 0.833. The molecule has 5 nitrogen and oxygen atoms in total. The molecule has 1 heterocycles. The maximum absolute atomic E-state index is 12.1. The highest BCUT2D eigenvalue weighted by molar-refractivity contribution is 5.68. The molecule has 1 fully saturated rings. The summed E-state index contributed by atoms with van der Waals surface area (Å²) in [6, 6.07) is 0.422. The summed E-state index contributed by atoms with van der Waals surface area (Å²) in [6.45, 7) is 6.51. The predicted octanol–water partition coefficient (Wildman–Crippen LogP) is 3.49. The first kappa shape index (κ1) is 18.1. The van der Waals surface area contributed by atoms with Crippen molar-refractivity contribution < 1.29 is 14.3 Å². The van der Waals surface area contributed by atoms with Crippen molar-refractivity contribution in [1.82, 2.24) is 10.6 Å². The molecule has 1 aliphatic carbocycles. The normalized spacial score (nSPS) is 28.6. The molecule has 0 spiro atoms. The molecule has 3 unspecified atom stereocenters. The fourth-order valence-corrected chi connectivity index (χ4v) is 3.20. The highest BCUT2D eigenvalue weighted by atomic mass is 16.6. The molecule has 0 radical (unpaired) electrons. The van der Waals surface area contributed by atoms with Gasteiger partial charge in [0.1, 0.15) is 11.7 Å². The molecule has 5 heteroatoms. The van der Waals surface area contributed by atoms with Crippen LogP contribution in [-0.2, 0) is 9.47 Å². The third-order valence-electron chi connectivity index (χ3n) is 4.35. The molecule has 2 N–H and O–H groups in total. The number of hydrogen-bond donors (Lipinski definition) is 2. The van der Waals surface area contributed by atoms with Crippen molar-refractivity contribution in [2.45, 2.75) is 89.5 Å². The molecule has 0 aromatic heterocycles. The first-order valence-corrected chi connectivity index (χ1v) is 8.97. The van der Waals surface area contributed by atoms with Crippen LogP contribution in [0.2, 0.25) is 0 Å². The maximum atomic E-state index is 12.1. The van der Waals surface area contributed by atoms with E-state index in [0.29, 0.717) is 6.04 Å². The molecule has 132 valence electrons. The summed E-state index contributed by atoms with van der Waals surface area (Å²) in [5.74, 6) is 0. The van der Waals surface area contributed by atoms with E-state index in [1.165, 1.54) is 12.8 Å². The molecular weight excluding hydrogens is 292 g/mol. The number of rotatable bonds is 4. The average Bonchev–Trinajstić information content (AvgIpc) is 2.69. The van der Waals surface area contributed by atoms with E-state index in [0.717, 1.165) is 38.6 Å². The predicted molar refractivity (Wildman–Crippen MR) is 91.3 cm³/mol. The minimum atomic E-state index is -0.458. The second-order valence-electron chi connectivity index (χ2n) is 7.61. The van der Waals surface area contributed by atoms with E-state index >= 15 is 0 Å². The lowest BCUT2D eigenvalue weighted by Gasteiger charge is -2.30. The third-order valence-corrected chi connectivity index (χ3v) is 4.35. The summed E-state index contributed by atoms with van der Waals surface area (Å²) in [7, 11) is 0. The van der Waals surface area contributed by atoms with Crippen LogP contribution in [0.15, 0.2) is 12.3 Å². The van der Waals surface area contributed by atoms with Gasteiger partial charge in [0.25, 0.3) is 0 Å². The smallest absolute Gasteiger partial charge is 0.407 e. The largest absolute Gasteiger partial charge is 0.497 e. The van der Waals surface area contributed by atoms with Gasteiger partial charge >= 0.3 is 6.09 Å². The third kappa shape index (κ3) is 6.81. The Morgan fingerprint density at radius 2 is 1.91 bits per heavy atom. The number of allylic oxidation sites excluding steroid dienone is 1. The Morgan fingerprint density at radius 3 is 2.57 bits per heavy atom. The van der Waals surface area contributed by atoms with Gasteiger partial charge in [-0.1, -0.05) is 19.3 Å².